The average molecular weight is 453 g/mol. The standard InChI is InChI=1S/C25H42BrNO/c1-3-5-6-7-8-9-10-11-12-13-14-15-16-19-22-27(4-2)25(28)23-20-17-18-21-24(23)26/h17-18,20-21H,3-16,19,22H2,1-2H3. The van der Waals surface area contributed by atoms with E-state index in [1.807, 2.05) is 29.2 Å². The van der Waals surface area contributed by atoms with Gasteiger partial charge >= 0.3 is 0 Å². The lowest BCUT2D eigenvalue weighted by Crippen LogP contribution is -2.32. The van der Waals surface area contributed by atoms with E-state index in [4.69, 9.17) is 0 Å². The van der Waals surface area contributed by atoms with Crippen LogP contribution >= 0.6 is 15.9 Å². The molecule has 0 bridgehead atoms. The van der Waals surface area contributed by atoms with Crippen molar-refractivity contribution in [3.05, 3.63) is 34.3 Å². The molecule has 28 heavy (non-hydrogen) atoms. The molecule has 0 unspecified atom stereocenters. The molecule has 160 valence electrons. The summed E-state index contributed by atoms with van der Waals surface area (Å²) in [6.07, 6.45) is 19.1. The van der Waals surface area contributed by atoms with Crippen molar-refractivity contribution in [3.63, 3.8) is 0 Å². The maximum atomic E-state index is 12.7. The first-order valence-corrected chi connectivity index (χ1v) is 12.5. The number of rotatable bonds is 17. The van der Waals surface area contributed by atoms with E-state index >= 15 is 0 Å². The van der Waals surface area contributed by atoms with Gasteiger partial charge in [0, 0.05) is 17.6 Å². The molecule has 0 aromatic heterocycles. The van der Waals surface area contributed by atoms with Crippen molar-refractivity contribution in [1.29, 1.82) is 0 Å². The number of carbonyl (C=O) groups excluding carboxylic acids is 1. The zero-order chi connectivity index (χ0) is 20.5. The molecule has 0 N–H and O–H groups in total. The van der Waals surface area contributed by atoms with E-state index in [9.17, 15) is 4.79 Å². The molecule has 0 aliphatic heterocycles. The zero-order valence-corrected chi connectivity index (χ0v) is 19.9. The van der Waals surface area contributed by atoms with Gasteiger partial charge in [0.2, 0.25) is 0 Å². The van der Waals surface area contributed by atoms with Gasteiger partial charge in [0.15, 0.2) is 0 Å². The minimum Gasteiger partial charge on any atom is -0.339 e. The molecule has 0 saturated carbocycles. The van der Waals surface area contributed by atoms with Gasteiger partial charge in [0.05, 0.1) is 5.56 Å². The normalized spacial score (nSPS) is 11.0. The van der Waals surface area contributed by atoms with Crippen LogP contribution in [0.2, 0.25) is 0 Å². The summed E-state index contributed by atoms with van der Waals surface area (Å²) < 4.78 is 0.888. The highest BCUT2D eigenvalue weighted by atomic mass is 79.9. The third kappa shape index (κ3) is 11.2. The number of carbonyl (C=O) groups is 1. The van der Waals surface area contributed by atoms with Crippen molar-refractivity contribution >= 4 is 21.8 Å². The Morgan fingerprint density at radius 2 is 1.21 bits per heavy atom. The van der Waals surface area contributed by atoms with Gasteiger partial charge in [-0.05, 0) is 41.4 Å². The first kappa shape index (κ1) is 25.2. The summed E-state index contributed by atoms with van der Waals surface area (Å²) in [5.74, 6) is 0.143. The Kier molecular flexibility index (Phi) is 15.4. The fourth-order valence-electron chi connectivity index (χ4n) is 3.71. The van der Waals surface area contributed by atoms with Crippen LogP contribution in [0.3, 0.4) is 0 Å². The van der Waals surface area contributed by atoms with Crippen LogP contribution in [-0.2, 0) is 0 Å². The van der Waals surface area contributed by atoms with Crippen molar-refractivity contribution in [2.24, 2.45) is 0 Å². The van der Waals surface area contributed by atoms with E-state index in [-0.39, 0.29) is 5.91 Å². The predicted molar refractivity (Wildman–Crippen MR) is 126 cm³/mol. The van der Waals surface area contributed by atoms with Crippen LogP contribution in [0.25, 0.3) is 0 Å². The van der Waals surface area contributed by atoms with Gasteiger partial charge < -0.3 is 4.90 Å². The van der Waals surface area contributed by atoms with Crippen molar-refractivity contribution in [1.82, 2.24) is 4.90 Å². The van der Waals surface area contributed by atoms with E-state index in [1.54, 1.807) is 0 Å². The van der Waals surface area contributed by atoms with Gasteiger partial charge in [0.1, 0.15) is 0 Å². The molecular formula is C25H42BrNO. The molecule has 1 rings (SSSR count). The molecule has 0 radical (unpaired) electrons. The number of unbranched alkanes of at least 4 members (excludes halogenated alkanes) is 13. The Bertz CT molecular complexity index is 517. The van der Waals surface area contributed by atoms with Crippen molar-refractivity contribution in [2.75, 3.05) is 13.1 Å². The predicted octanol–water partition coefficient (Wildman–Crippen LogP) is 8.39. The molecule has 1 aromatic rings. The van der Waals surface area contributed by atoms with Gasteiger partial charge in [-0.2, -0.15) is 0 Å². The van der Waals surface area contributed by atoms with Crippen LogP contribution in [0.1, 0.15) is 114 Å². The Labute approximate surface area is 182 Å². The highest BCUT2D eigenvalue weighted by Gasteiger charge is 2.15. The molecule has 0 spiro atoms. The van der Waals surface area contributed by atoms with Gasteiger partial charge in [-0.15, -0.1) is 0 Å². The maximum absolute atomic E-state index is 12.7. The summed E-state index contributed by atoms with van der Waals surface area (Å²) in [6, 6.07) is 7.72. The van der Waals surface area contributed by atoms with Crippen molar-refractivity contribution in [2.45, 2.75) is 104 Å². The minimum absolute atomic E-state index is 0.143. The number of hydrogen-bond donors (Lipinski definition) is 0. The lowest BCUT2D eigenvalue weighted by atomic mass is 10.0. The van der Waals surface area contributed by atoms with Crippen molar-refractivity contribution < 1.29 is 4.79 Å². The molecule has 1 amide bonds. The zero-order valence-electron chi connectivity index (χ0n) is 18.4. The van der Waals surface area contributed by atoms with Crippen LogP contribution < -0.4 is 0 Å². The molecule has 2 nitrogen and oxygen atoms in total. The number of amides is 1. The fourth-order valence-corrected chi connectivity index (χ4v) is 4.16. The Morgan fingerprint density at radius 1 is 0.750 bits per heavy atom. The van der Waals surface area contributed by atoms with Crippen molar-refractivity contribution in [3.8, 4) is 0 Å². The first-order valence-electron chi connectivity index (χ1n) is 11.7. The third-order valence-electron chi connectivity index (χ3n) is 5.55. The Balaban J connectivity index is 2.00. The van der Waals surface area contributed by atoms with E-state index in [1.165, 1.54) is 83.5 Å². The summed E-state index contributed by atoms with van der Waals surface area (Å²) in [6.45, 7) is 6.00. The van der Waals surface area contributed by atoms with Crippen LogP contribution in [0, 0.1) is 0 Å². The van der Waals surface area contributed by atoms with E-state index < -0.39 is 0 Å². The quantitative estimate of drug-likeness (QED) is 0.217. The first-order chi connectivity index (χ1) is 13.7. The monoisotopic (exact) mass is 451 g/mol. The Morgan fingerprint density at radius 3 is 1.68 bits per heavy atom. The summed E-state index contributed by atoms with van der Waals surface area (Å²) in [4.78, 5) is 14.6. The summed E-state index contributed by atoms with van der Waals surface area (Å²) >= 11 is 3.49. The number of benzene rings is 1. The summed E-state index contributed by atoms with van der Waals surface area (Å²) in [7, 11) is 0. The number of hydrogen-bond acceptors (Lipinski definition) is 1. The third-order valence-corrected chi connectivity index (χ3v) is 6.25. The smallest absolute Gasteiger partial charge is 0.254 e. The average Bonchev–Trinajstić information content (AvgIpc) is 2.71. The SMILES string of the molecule is CCCCCCCCCCCCCCCCN(CC)C(=O)c1ccccc1Br. The van der Waals surface area contributed by atoms with Crippen LogP contribution in [0.4, 0.5) is 0 Å². The van der Waals surface area contributed by atoms with Gasteiger partial charge in [-0.1, -0.05) is 103 Å². The highest BCUT2D eigenvalue weighted by molar-refractivity contribution is 9.10. The van der Waals surface area contributed by atoms with Gasteiger partial charge in [-0.25, -0.2) is 0 Å². The second kappa shape index (κ2) is 17.1. The molecule has 1 aromatic carbocycles. The van der Waals surface area contributed by atoms with Gasteiger partial charge in [-0.3, -0.25) is 4.79 Å². The topological polar surface area (TPSA) is 20.3 Å². The van der Waals surface area contributed by atoms with Crippen LogP contribution in [0.15, 0.2) is 28.7 Å². The molecule has 0 fully saturated rings. The summed E-state index contributed by atoms with van der Waals surface area (Å²) in [5, 5.41) is 0. The van der Waals surface area contributed by atoms with E-state index in [0.717, 1.165) is 29.5 Å². The second-order valence-electron chi connectivity index (χ2n) is 7.96. The number of nitrogens with zero attached hydrogens (tertiary/aromatic N) is 1. The van der Waals surface area contributed by atoms with Crippen LogP contribution in [-0.4, -0.2) is 23.9 Å². The molecule has 0 aliphatic carbocycles. The minimum atomic E-state index is 0.143. The lowest BCUT2D eigenvalue weighted by molar-refractivity contribution is 0.0760. The molecule has 0 aliphatic rings. The second-order valence-corrected chi connectivity index (χ2v) is 8.82. The number of halogens is 1. The highest BCUT2D eigenvalue weighted by Crippen LogP contribution is 2.18. The molecule has 3 heteroatoms. The lowest BCUT2D eigenvalue weighted by Gasteiger charge is -2.21. The van der Waals surface area contributed by atoms with Gasteiger partial charge in [0.25, 0.3) is 5.91 Å². The molecular weight excluding hydrogens is 410 g/mol. The summed E-state index contributed by atoms with van der Waals surface area (Å²) in [5.41, 5.74) is 0.773. The van der Waals surface area contributed by atoms with E-state index in [2.05, 4.69) is 29.8 Å². The maximum Gasteiger partial charge on any atom is 0.254 e. The molecule has 0 heterocycles. The molecule has 0 saturated heterocycles. The van der Waals surface area contributed by atoms with E-state index in [0.29, 0.717) is 0 Å². The Hall–Kier alpha value is -0.830. The largest absolute Gasteiger partial charge is 0.339 e. The fraction of sp³-hybridized carbons (Fsp3) is 0.720. The van der Waals surface area contributed by atoms with Crippen LogP contribution in [0.5, 0.6) is 0 Å². The molecule has 0 atom stereocenters.